The van der Waals surface area contributed by atoms with Crippen LogP contribution in [0.5, 0.6) is 0 Å². The van der Waals surface area contributed by atoms with Crippen LogP contribution in [-0.4, -0.2) is 59.9 Å². The van der Waals surface area contributed by atoms with Crippen molar-refractivity contribution in [2.24, 2.45) is 5.73 Å². The van der Waals surface area contributed by atoms with Crippen molar-refractivity contribution in [2.45, 2.75) is 187 Å². The normalized spacial score (nSPS) is 14.4. The molecule has 0 heterocycles. The van der Waals surface area contributed by atoms with E-state index in [0.29, 0.717) is 12.8 Å². The lowest BCUT2D eigenvalue weighted by Crippen LogP contribution is -2.34. The summed E-state index contributed by atoms with van der Waals surface area (Å²) < 4.78 is 32.7. The number of rotatable bonds is 41. The highest BCUT2D eigenvalue weighted by Gasteiger charge is 2.28. The first-order chi connectivity index (χ1) is 28.6. The second-order valence-electron chi connectivity index (χ2n) is 14.8. The van der Waals surface area contributed by atoms with Crippen molar-refractivity contribution < 1.29 is 47.5 Å². The monoisotopic (exact) mass is 850 g/mol. The molecule has 0 saturated carbocycles. The fourth-order valence-corrected chi connectivity index (χ4v) is 6.45. The molecule has 0 aliphatic carbocycles. The molecule has 0 radical (unpaired) electrons. The number of aliphatic carboxylic acids is 1. The van der Waals surface area contributed by atoms with Crippen LogP contribution in [0.3, 0.4) is 0 Å². The van der Waals surface area contributed by atoms with Gasteiger partial charge in [-0.3, -0.25) is 23.4 Å². The zero-order valence-corrected chi connectivity index (χ0v) is 37.5. The number of allylic oxidation sites excluding steroid dienone is 12. The van der Waals surface area contributed by atoms with Crippen LogP contribution in [0.25, 0.3) is 0 Å². The quantitative estimate of drug-likeness (QED) is 0.0231. The molecule has 0 fully saturated rings. The highest BCUT2D eigenvalue weighted by Crippen LogP contribution is 2.43. The van der Waals surface area contributed by atoms with Gasteiger partial charge in [-0.1, -0.05) is 151 Å². The van der Waals surface area contributed by atoms with Gasteiger partial charge < -0.3 is 25.2 Å². The number of carbonyl (C=O) groups excluding carboxylic acids is 2. The number of esters is 2. The van der Waals surface area contributed by atoms with Crippen molar-refractivity contribution in [1.29, 1.82) is 0 Å². The van der Waals surface area contributed by atoms with Gasteiger partial charge in [-0.2, -0.15) is 0 Å². The Kier molecular flexibility index (Phi) is 39.5. The summed E-state index contributed by atoms with van der Waals surface area (Å²) in [5.41, 5.74) is 5.33. The molecule has 0 aliphatic rings. The zero-order chi connectivity index (χ0) is 43.5. The standard InChI is InChI=1S/C47H80NO10P/c1-3-5-7-9-11-13-15-17-19-21-22-23-25-27-29-31-33-35-37-39-46(50)58-43(41-56-59(53,54)57-42-44(48)47(51)52)40-55-45(49)38-36-34-32-30-28-26-24-20-18-16-14-12-10-8-6-4-2/h5,7,11,13,17,19-20,22-24,27,29,43-44H,3-4,6,8-10,12,14-16,18,21,25-26,28,30-42,48H2,1-2H3,(H,51,52)(H,53,54)/b7-5-,13-11-,19-17-,23-22-,24-20-,29-27-. The van der Waals surface area contributed by atoms with E-state index in [-0.39, 0.29) is 19.4 Å². The molecule has 0 aliphatic heterocycles. The highest BCUT2D eigenvalue weighted by molar-refractivity contribution is 7.47. The molecule has 3 unspecified atom stereocenters. The maximum absolute atomic E-state index is 12.6. The van der Waals surface area contributed by atoms with Gasteiger partial charge in [-0.15, -0.1) is 0 Å². The second kappa shape index (κ2) is 41.6. The Morgan fingerprint density at radius 2 is 0.949 bits per heavy atom. The number of hydrogen-bond acceptors (Lipinski definition) is 9. The van der Waals surface area contributed by atoms with Gasteiger partial charge in [0.2, 0.25) is 0 Å². The fraction of sp³-hybridized carbons (Fsp3) is 0.681. The van der Waals surface area contributed by atoms with Gasteiger partial charge in [0.15, 0.2) is 6.10 Å². The summed E-state index contributed by atoms with van der Waals surface area (Å²) in [4.78, 5) is 46.0. The molecule has 0 aromatic carbocycles. The molecule has 12 heteroatoms. The predicted octanol–water partition coefficient (Wildman–Crippen LogP) is 12.1. The molecule has 11 nitrogen and oxygen atoms in total. The topological polar surface area (TPSA) is 172 Å². The lowest BCUT2D eigenvalue weighted by molar-refractivity contribution is -0.161. The average molecular weight is 850 g/mol. The van der Waals surface area contributed by atoms with Crippen molar-refractivity contribution in [3.05, 3.63) is 72.9 Å². The van der Waals surface area contributed by atoms with Crippen LogP contribution >= 0.6 is 7.82 Å². The third-order valence-electron chi connectivity index (χ3n) is 9.19. The van der Waals surface area contributed by atoms with Crippen molar-refractivity contribution in [2.75, 3.05) is 19.8 Å². The molecule has 59 heavy (non-hydrogen) atoms. The molecule has 0 rings (SSSR count). The highest BCUT2D eigenvalue weighted by atomic mass is 31.2. The maximum atomic E-state index is 12.6. The second-order valence-corrected chi connectivity index (χ2v) is 16.2. The van der Waals surface area contributed by atoms with Crippen molar-refractivity contribution >= 4 is 25.7 Å². The molecule has 0 aromatic heterocycles. The Balaban J connectivity index is 4.44. The summed E-state index contributed by atoms with van der Waals surface area (Å²) in [7, 11) is -4.73. The van der Waals surface area contributed by atoms with E-state index < -0.39 is 51.1 Å². The maximum Gasteiger partial charge on any atom is 0.472 e. The summed E-state index contributed by atoms with van der Waals surface area (Å²) in [6.45, 7) is 2.64. The Labute approximate surface area is 357 Å². The minimum absolute atomic E-state index is 0.117. The molecule has 0 aromatic rings. The SMILES string of the molecule is CC/C=C\C/C=C\C/C=C\C/C=C\C/C=C\CCCCCC(=O)OC(COC(=O)CCCCCCC/C=C\CCCCCCCCC)COP(=O)(O)OCC(N)C(=O)O. The van der Waals surface area contributed by atoms with Gasteiger partial charge in [0, 0.05) is 12.8 Å². The Bertz CT molecular complexity index is 1280. The molecule has 0 saturated heterocycles. The minimum Gasteiger partial charge on any atom is -0.480 e. The molecule has 0 amide bonds. The molecule has 0 spiro atoms. The molecule has 338 valence electrons. The summed E-state index contributed by atoms with van der Waals surface area (Å²) in [6.07, 6.45) is 49.6. The molecule has 3 atom stereocenters. The van der Waals surface area contributed by atoms with Crippen LogP contribution in [-0.2, 0) is 37.5 Å². The first kappa shape index (κ1) is 55.9. The summed E-state index contributed by atoms with van der Waals surface area (Å²) in [6, 6.07) is -1.53. The Morgan fingerprint density at radius 1 is 0.542 bits per heavy atom. The van der Waals surface area contributed by atoms with E-state index in [4.69, 9.17) is 24.8 Å². The van der Waals surface area contributed by atoms with Gasteiger partial charge in [0.25, 0.3) is 0 Å². The van der Waals surface area contributed by atoms with Crippen LogP contribution in [0.1, 0.15) is 174 Å². The first-order valence-corrected chi connectivity index (χ1v) is 24.0. The van der Waals surface area contributed by atoms with E-state index in [1.54, 1.807) is 0 Å². The molecular weight excluding hydrogens is 769 g/mol. The van der Waals surface area contributed by atoms with Crippen LogP contribution in [0.15, 0.2) is 72.9 Å². The number of carbonyl (C=O) groups is 3. The summed E-state index contributed by atoms with van der Waals surface area (Å²) >= 11 is 0. The van der Waals surface area contributed by atoms with Crippen molar-refractivity contribution in [3.63, 3.8) is 0 Å². The molecular formula is C47H80NO10P. The zero-order valence-electron chi connectivity index (χ0n) is 36.6. The predicted molar refractivity (Wildman–Crippen MR) is 240 cm³/mol. The molecule has 4 N–H and O–H groups in total. The number of phosphoric acid groups is 1. The van der Waals surface area contributed by atoms with Crippen LogP contribution in [0, 0.1) is 0 Å². The fourth-order valence-electron chi connectivity index (χ4n) is 5.67. The summed E-state index contributed by atoms with van der Waals surface area (Å²) in [5.74, 6) is -2.44. The van der Waals surface area contributed by atoms with Crippen LogP contribution in [0.2, 0.25) is 0 Å². The van der Waals surface area contributed by atoms with E-state index in [2.05, 4.69) is 91.3 Å². The first-order valence-electron chi connectivity index (χ1n) is 22.5. The van der Waals surface area contributed by atoms with Gasteiger partial charge in [0.1, 0.15) is 12.6 Å². The molecule has 0 bridgehead atoms. The van der Waals surface area contributed by atoms with Gasteiger partial charge in [-0.05, 0) is 83.5 Å². The smallest absolute Gasteiger partial charge is 0.472 e. The van der Waals surface area contributed by atoms with E-state index in [0.717, 1.165) is 89.9 Å². The lowest BCUT2D eigenvalue weighted by Gasteiger charge is -2.20. The van der Waals surface area contributed by atoms with E-state index in [1.807, 2.05) is 0 Å². The van der Waals surface area contributed by atoms with Crippen molar-refractivity contribution in [1.82, 2.24) is 0 Å². The number of phosphoric ester groups is 1. The number of hydrogen-bond donors (Lipinski definition) is 3. The average Bonchev–Trinajstić information content (AvgIpc) is 3.21. The van der Waals surface area contributed by atoms with Crippen molar-refractivity contribution in [3.8, 4) is 0 Å². The third kappa shape index (κ3) is 41.4. The number of unbranched alkanes of at least 4 members (excludes halogenated alkanes) is 15. The van der Waals surface area contributed by atoms with Gasteiger partial charge in [0.05, 0.1) is 13.2 Å². The van der Waals surface area contributed by atoms with Crippen LogP contribution in [0.4, 0.5) is 0 Å². The third-order valence-corrected chi connectivity index (χ3v) is 10.1. The van der Waals surface area contributed by atoms with E-state index >= 15 is 0 Å². The lowest BCUT2D eigenvalue weighted by atomic mass is 10.1. The van der Waals surface area contributed by atoms with E-state index in [9.17, 15) is 23.8 Å². The largest absolute Gasteiger partial charge is 0.480 e. The van der Waals surface area contributed by atoms with Crippen LogP contribution < -0.4 is 5.73 Å². The number of carboxylic acid groups (broad SMARTS) is 1. The van der Waals surface area contributed by atoms with Gasteiger partial charge in [-0.25, -0.2) is 4.57 Å². The number of ether oxygens (including phenoxy) is 2. The number of nitrogens with two attached hydrogens (primary N) is 1. The Hall–Kier alpha value is -3.08. The van der Waals surface area contributed by atoms with E-state index in [1.165, 1.54) is 44.9 Å². The summed E-state index contributed by atoms with van der Waals surface area (Å²) in [5, 5.41) is 8.89. The number of carboxylic acids is 1. The minimum atomic E-state index is -4.73. The van der Waals surface area contributed by atoms with Gasteiger partial charge >= 0.3 is 25.7 Å². The Morgan fingerprint density at radius 3 is 1.46 bits per heavy atom.